The summed E-state index contributed by atoms with van der Waals surface area (Å²) in [4.78, 5) is 46.9. The number of halogens is 1. The zero-order valence-corrected chi connectivity index (χ0v) is 23.2. The van der Waals surface area contributed by atoms with Crippen molar-refractivity contribution in [3.63, 3.8) is 0 Å². The van der Waals surface area contributed by atoms with Gasteiger partial charge in [0.25, 0.3) is 5.91 Å². The van der Waals surface area contributed by atoms with Gasteiger partial charge < -0.3 is 25.2 Å². The van der Waals surface area contributed by atoms with Crippen molar-refractivity contribution in [1.29, 1.82) is 0 Å². The monoisotopic (exact) mass is 560 g/mol. The van der Waals surface area contributed by atoms with E-state index >= 15 is 0 Å². The molecule has 6 rings (SSSR count). The number of rotatable bonds is 2. The van der Waals surface area contributed by atoms with Crippen molar-refractivity contribution in [3.05, 3.63) is 95.1 Å². The summed E-state index contributed by atoms with van der Waals surface area (Å²) in [5.41, 5.74) is 8.65. The van der Waals surface area contributed by atoms with Gasteiger partial charge in [0, 0.05) is 37.9 Å². The first kappa shape index (κ1) is 27.7. The van der Waals surface area contributed by atoms with Gasteiger partial charge in [-0.25, -0.2) is 0 Å². The maximum atomic E-state index is 14.5. The topological polar surface area (TPSA) is 96.2 Å². The van der Waals surface area contributed by atoms with E-state index in [0.29, 0.717) is 50.4 Å². The van der Waals surface area contributed by atoms with E-state index in [1.54, 1.807) is 29.0 Å². The van der Waals surface area contributed by atoms with Crippen LogP contribution in [0.1, 0.15) is 45.9 Å². The molecule has 0 saturated carbocycles. The Kier molecular flexibility index (Phi) is 7.57. The summed E-state index contributed by atoms with van der Waals surface area (Å²) >= 11 is 0. The number of carbonyl (C=O) groups excluding carboxylic acids is 3. The summed E-state index contributed by atoms with van der Waals surface area (Å²) in [5, 5.41) is 0. The molecule has 3 aliphatic heterocycles. The summed E-state index contributed by atoms with van der Waals surface area (Å²) in [5.74, 6) is 0.254. The highest BCUT2D eigenvalue weighted by Crippen LogP contribution is 2.57. The van der Waals surface area contributed by atoms with Gasteiger partial charge in [0.15, 0.2) is 0 Å². The molecule has 9 heteroatoms. The van der Waals surface area contributed by atoms with Gasteiger partial charge in [-0.2, -0.15) is 0 Å². The molecule has 1 fully saturated rings. The summed E-state index contributed by atoms with van der Waals surface area (Å²) < 4.78 is 6.05. The average Bonchev–Trinajstić information content (AvgIpc) is 3.47. The minimum atomic E-state index is -1.02. The van der Waals surface area contributed by atoms with E-state index in [1.807, 2.05) is 65.6 Å². The van der Waals surface area contributed by atoms with Crippen LogP contribution in [-0.4, -0.2) is 60.8 Å². The van der Waals surface area contributed by atoms with Crippen molar-refractivity contribution in [2.75, 3.05) is 38.2 Å². The van der Waals surface area contributed by atoms with Crippen molar-refractivity contribution in [1.82, 2.24) is 9.80 Å². The van der Waals surface area contributed by atoms with E-state index in [2.05, 4.69) is 0 Å². The van der Waals surface area contributed by atoms with Crippen molar-refractivity contribution >= 4 is 35.8 Å². The number of nitrogens with two attached hydrogens (primary N) is 1. The molecule has 0 aromatic heterocycles. The Morgan fingerprint density at radius 2 is 1.80 bits per heavy atom. The molecule has 2 N–H and O–H groups in total. The Morgan fingerprint density at radius 3 is 2.58 bits per heavy atom. The maximum Gasteiger partial charge on any atom is 0.254 e. The lowest BCUT2D eigenvalue weighted by Gasteiger charge is -2.35. The van der Waals surface area contributed by atoms with E-state index in [9.17, 15) is 14.4 Å². The zero-order chi connectivity index (χ0) is 27.1. The summed E-state index contributed by atoms with van der Waals surface area (Å²) in [6, 6.07) is 22.1. The van der Waals surface area contributed by atoms with Gasteiger partial charge >= 0.3 is 0 Å². The minimum absolute atomic E-state index is 0. The number of likely N-dealkylation sites (N-methyl/N-ethyl adjacent to an activating group) is 1. The molecule has 1 spiro atoms. The van der Waals surface area contributed by atoms with E-state index in [-0.39, 0.29) is 36.7 Å². The lowest BCUT2D eigenvalue weighted by molar-refractivity contribution is -0.131. The third-order valence-electron chi connectivity index (χ3n) is 8.32. The second-order valence-electron chi connectivity index (χ2n) is 10.5. The molecule has 0 radical (unpaired) electrons. The van der Waals surface area contributed by atoms with Gasteiger partial charge in [0.1, 0.15) is 17.7 Å². The second-order valence-corrected chi connectivity index (χ2v) is 10.5. The van der Waals surface area contributed by atoms with Crippen LogP contribution in [0, 0.1) is 0 Å². The van der Waals surface area contributed by atoms with Crippen molar-refractivity contribution in [3.8, 4) is 5.75 Å². The molecule has 3 amide bonds. The normalized spacial score (nSPS) is 22.1. The number of fused-ring (bicyclic) bond motifs is 6. The SMILES string of the molecule is CN1CCCOc2cccc(c2)[C@@H]2N(C(=O)c3ccc(CN)cc3)CC[C@]23C(=O)N(CC1=O)c1ccccc13.Cl. The highest BCUT2D eigenvalue weighted by atomic mass is 35.5. The maximum absolute atomic E-state index is 14.5. The first-order valence-corrected chi connectivity index (χ1v) is 13.4. The van der Waals surface area contributed by atoms with Crippen LogP contribution in [0.5, 0.6) is 5.75 Å². The zero-order valence-electron chi connectivity index (χ0n) is 22.4. The Balaban J connectivity index is 0.00000323. The van der Waals surface area contributed by atoms with E-state index in [4.69, 9.17) is 10.5 Å². The van der Waals surface area contributed by atoms with E-state index < -0.39 is 11.5 Å². The number of ether oxygens (including phenoxy) is 1. The first-order chi connectivity index (χ1) is 18.9. The van der Waals surface area contributed by atoms with Gasteiger partial charge in [-0.15, -0.1) is 12.4 Å². The van der Waals surface area contributed by atoms with Crippen molar-refractivity contribution in [2.24, 2.45) is 5.73 Å². The molecule has 208 valence electrons. The van der Waals surface area contributed by atoms with Crippen LogP contribution in [0.25, 0.3) is 0 Å². The predicted octanol–water partition coefficient (Wildman–Crippen LogP) is 3.68. The Labute approximate surface area is 240 Å². The molecular weight excluding hydrogens is 528 g/mol. The fourth-order valence-electron chi connectivity index (χ4n) is 6.32. The highest BCUT2D eigenvalue weighted by Gasteiger charge is 2.61. The van der Waals surface area contributed by atoms with Crippen LogP contribution >= 0.6 is 12.4 Å². The van der Waals surface area contributed by atoms with Crippen molar-refractivity contribution < 1.29 is 19.1 Å². The molecule has 4 bridgehead atoms. The van der Waals surface area contributed by atoms with Crippen molar-refractivity contribution in [2.45, 2.75) is 30.8 Å². The van der Waals surface area contributed by atoms with Crippen LogP contribution in [0.2, 0.25) is 0 Å². The Morgan fingerprint density at radius 1 is 1.02 bits per heavy atom. The Bertz CT molecular complexity index is 1450. The molecule has 1 saturated heterocycles. The quantitative estimate of drug-likeness (QED) is 0.516. The molecule has 3 aromatic carbocycles. The lowest BCUT2D eigenvalue weighted by Crippen LogP contribution is -2.48. The van der Waals surface area contributed by atoms with Crippen LogP contribution in [0.3, 0.4) is 0 Å². The van der Waals surface area contributed by atoms with E-state index in [1.165, 1.54) is 0 Å². The van der Waals surface area contributed by atoms with E-state index in [0.717, 1.165) is 22.4 Å². The van der Waals surface area contributed by atoms with Crippen LogP contribution < -0.4 is 15.4 Å². The summed E-state index contributed by atoms with van der Waals surface area (Å²) in [7, 11) is 1.76. The molecule has 3 heterocycles. The molecule has 3 aromatic rings. The third kappa shape index (κ3) is 4.41. The van der Waals surface area contributed by atoms with Gasteiger partial charge in [0.2, 0.25) is 11.8 Å². The minimum Gasteiger partial charge on any atom is -0.494 e. The highest BCUT2D eigenvalue weighted by molar-refractivity contribution is 6.12. The summed E-state index contributed by atoms with van der Waals surface area (Å²) in [6.45, 7) is 1.73. The van der Waals surface area contributed by atoms with Crippen LogP contribution in [0.4, 0.5) is 5.69 Å². The number of hydrogen-bond donors (Lipinski definition) is 1. The standard InChI is InChI=1S/C31H32N4O4.ClH/c1-33-15-5-17-39-24-7-4-6-23(18-24)28-31(14-16-34(28)29(37)22-12-10-21(19-32)11-13-22)25-8-2-3-9-26(25)35(30(31)38)20-27(33)36;/h2-4,6-13,18,28H,5,14-17,19-20,32H2,1H3;1H/t28-,31+;/m0./s1. The number of likely N-dealkylation sites (tertiary alicyclic amines) is 1. The molecular formula is C31H33ClN4O4. The fraction of sp³-hybridized carbons (Fsp3) is 0.323. The number of amides is 3. The fourth-order valence-corrected chi connectivity index (χ4v) is 6.32. The number of nitrogens with zero attached hydrogens (tertiary/aromatic N) is 3. The van der Waals surface area contributed by atoms with Gasteiger partial charge in [-0.1, -0.05) is 42.5 Å². The molecule has 3 aliphatic rings. The number of hydrogen-bond acceptors (Lipinski definition) is 5. The molecule has 0 aliphatic carbocycles. The predicted molar refractivity (Wildman–Crippen MR) is 155 cm³/mol. The second kappa shape index (κ2) is 10.9. The number of anilines is 1. The number of para-hydroxylation sites is 1. The van der Waals surface area contributed by atoms with Gasteiger partial charge in [0.05, 0.1) is 12.6 Å². The molecule has 0 unspecified atom stereocenters. The molecule has 8 nitrogen and oxygen atoms in total. The van der Waals surface area contributed by atoms with Crippen LogP contribution in [0.15, 0.2) is 72.8 Å². The Hall–Kier alpha value is -3.88. The first-order valence-electron chi connectivity index (χ1n) is 13.4. The largest absolute Gasteiger partial charge is 0.494 e. The number of carbonyl (C=O) groups is 3. The average molecular weight is 561 g/mol. The van der Waals surface area contributed by atoms with Crippen LogP contribution in [-0.2, 0) is 21.5 Å². The lowest BCUT2D eigenvalue weighted by atomic mass is 9.72. The number of benzene rings is 3. The molecule has 40 heavy (non-hydrogen) atoms. The van der Waals surface area contributed by atoms with Gasteiger partial charge in [-0.05, 0) is 59.9 Å². The van der Waals surface area contributed by atoms with Gasteiger partial charge in [-0.3, -0.25) is 14.4 Å². The summed E-state index contributed by atoms with van der Waals surface area (Å²) in [6.07, 6.45) is 1.11. The molecule has 2 atom stereocenters. The third-order valence-corrected chi connectivity index (χ3v) is 8.32. The smallest absolute Gasteiger partial charge is 0.254 e.